The van der Waals surface area contributed by atoms with Gasteiger partial charge in [-0.3, -0.25) is 4.98 Å². The molecule has 0 amide bonds. The fourth-order valence-corrected chi connectivity index (χ4v) is 2.24. The van der Waals surface area contributed by atoms with Crippen molar-refractivity contribution in [2.45, 2.75) is 45.4 Å². The lowest BCUT2D eigenvalue weighted by Gasteiger charge is -2.50. The summed E-state index contributed by atoms with van der Waals surface area (Å²) in [7, 11) is 0. The summed E-state index contributed by atoms with van der Waals surface area (Å²) in [4.78, 5) is 4.01. The van der Waals surface area contributed by atoms with Crippen molar-refractivity contribution in [1.29, 1.82) is 0 Å². The van der Waals surface area contributed by atoms with Gasteiger partial charge >= 0.3 is 0 Å². The topological polar surface area (TPSA) is 45.1 Å². The zero-order valence-corrected chi connectivity index (χ0v) is 10.1. The molecule has 3 atom stereocenters. The predicted octanol–water partition coefficient (Wildman–Crippen LogP) is 1.89. The van der Waals surface area contributed by atoms with Crippen molar-refractivity contribution in [3.05, 3.63) is 30.1 Å². The molecule has 16 heavy (non-hydrogen) atoms. The van der Waals surface area contributed by atoms with E-state index in [1.54, 1.807) is 0 Å². The van der Waals surface area contributed by atoms with E-state index in [0.717, 1.165) is 6.42 Å². The second-order valence-electron chi connectivity index (χ2n) is 5.29. The number of pyridine rings is 1. The van der Waals surface area contributed by atoms with Crippen LogP contribution in [0.4, 0.5) is 0 Å². The molecule has 3 heteroatoms. The molecule has 1 aliphatic rings. The summed E-state index contributed by atoms with van der Waals surface area (Å²) in [5.41, 5.74) is 1.23. The van der Waals surface area contributed by atoms with Crippen LogP contribution in [0.25, 0.3) is 0 Å². The predicted molar refractivity (Wildman–Crippen MR) is 64.0 cm³/mol. The van der Waals surface area contributed by atoms with Crippen molar-refractivity contribution >= 4 is 0 Å². The molecule has 1 saturated carbocycles. The summed E-state index contributed by atoms with van der Waals surface area (Å²) >= 11 is 0. The molecule has 1 aliphatic carbocycles. The van der Waals surface area contributed by atoms with Crippen LogP contribution in [0.2, 0.25) is 0 Å². The van der Waals surface area contributed by atoms with Gasteiger partial charge in [0.05, 0.1) is 6.10 Å². The lowest BCUT2D eigenvalue weighted by atomic mass is 9.64. The van der Waals surface area contributed by atoms with Crippen molar-refractivity contribution in [3.8, 4) is 0 Å². The summed E-state index contributed by atoms with van der Waals surface area (Å²) in [6.45, 7) is 6.37. The van der Waals surface area contributed by atoms with E-state index in [1.165, 1.54) is 5.56 Å². The molecule has 1 aromatic rings. The lowest BCUT2D eigenvalue weighted by Crippen LogP contribution is -2.60. The molecule has 1 aromatic heterocycles. The van der Waals surface area contributed by atoms with Crippen molar-refractivity contribution in [2.24, 2.45) is 5.41 Å². The summed E-state index contributed by atoms with van der Waals surface area (Å²) < 4.78 is 0. The second-order valence-corrected chi connectivity index (χ2v) is 5.29. The molecule has 0 bridgehead atoms. The maximum absolute atomic E-state index is 9.68. The SMILES string of the molecule is C[C@H](NC1CC(O)C1(C)C)c1ccncc1. The van der Waals surface area contributed by atoms with Crippen molar-refractivity contribution in [2.75, 3.05) is 0 Å². The van der Waals surface area contributed by atoms with Crippen LogP contribution in [0.1, 0.15) is 38.8 Å². The summed E-state index contributed by atoms with van der Waals surface area (Å²) in [6.07, 6.45) is 4.31. The monoisotopic (exact) mass is 220 g/mol. The van der Waals surface area contributed by atoms with Crippen LogP contribution in [0.5, 0.6) is 0 Å². The Morgan fingerprint density at radius 2 is 2.06 bits per heavy atom. The van der Waals surface area contributed by atoms with Gasteiger partial charge in [-0.15, -0.1) is 0 Å². The van der Waals surface area contributed by atoms with E-state index >= 15 is 0 Å². The van der Waals surface area contributed by atoms with Crippen LogP contribution in [0.3, 0.4) is 0 Å². The Hall–Kier alpha value is -0.930. The lowest BCUT2D eigenvalue weighted by molar-refractivity contribution is -0.0754. The first-order valence-corrected chi connectivity index (χ1v) is 5.86. The molecule has 0 aromatic carbocycles. The number of nitrogens with one attached hydrogen (secondary N) is 1. The largest absolute Gasteiger partial charge is 0.392 e. The van der Waals surface area contributed by atoms with Gasteiger partial charge in [-0.05, 0) is 31.0 Å². The Labute approximate surface area is 96.9 Å². The third-order valence-electron chi connectivity index (χ3n) is 3.87. The average molecular weight is 220 g/mol. The molecule has 3 nitrogen and oxygen atoms in total. The van der Waals surface area contributed by atoms with Gasteiger partial charge in [-0.2, -0.15) is 0 Å². The maximum atomic E-state index is 9.68. The molecule has 0 saturated heterocycles. The third-order valence-corrected chi connectivity index (χ3v) is 3.87. The van der Waals surface area contributed by atoms with Gasteiger partial charge in [0.2, 0.25) is 0 Å². The standard InChI is InChI=1S/C13H20N2O/c1-9(10-4-6-14-7-5-10)15-11-8-12(16)13(11,2)3/h4-7,9,11-12,15-16H,8H2,1-3H3/t9-,11?,12?/m0/s1. The minimum Gasteiger partial charge on any atom is -0.392 e. The number of hydrogen-bond acceptors (Lipinski definition) is 3. The first-order valence-electron chi connectivity index (χ1n) is 5.86. The van der Waals surface area contributed by atoms with Gasteiger partial charge in [-0.1, -0.05) is 13.8 Å². The fourth-order valence-electron chi connectivity index (χ4n) is 2.24. The molecule has 1 fully saturated rings. The molecule has 88 valence electrons. The summed E-state index contributed by atoms with van der Waals surface area (Å²) in [5, 5.41) is 13.2. The molecular weight excluding hydrogens is 200 g/mol. The molecule has 0 spiro atoms. The molecular formula is C13H20N2O. The smallest absolute Gasteiger partial charge is 0.0621 e. The van der Waals surface area contributed by atoms with Gasteiger partial charge in [0, 0.05) is 29.9 Å². The molecule has 0 aliphatic heterocycles. The quantitative estimate of drug-likeness (QED) is 0.817. The fraction of sp³-hybridized carbons (Fsp3) is 0.615. The highest BCUT2D eigenvalue weighted by Gasteiger charge is 2.47. The van der Waals surface area contributed by atoms with Gasteiger partial charge in [-0.25, -0.2) is 0 Å². The second kappa shape index (κ2) is 4.15. The Morgan fingerprint density at radius 1 is 1.44 bits per heavy atom. The van der Waals surface area contributed by atoms with Crippen LogP contribution in [-0.2, 0) is 0 Å². The zero-order chi connectivity index (χ0) is 11.8. The van der Waals surface area contributed by atoms with Crippen molar-refractivity contribution in [1.82, 2.24) is 10.3 Å². The number of nitrogens with zero attached hydrogens (tertiary/aromatic N) is 1. The maximum Gasteiger partial charge on any atom is 0.0621 e. The van der Waals surface area contributed by atoms with E-state index in [4.69, 9.17) is 0 Å². The minimum atomic E-state index is -0.172. The zero-order valence-electron chi connectivity index (χ0n) is 10.1. The van der Waals surface area contributed by atoms with Crippen LogP contribution in [0, 0.1) is 5.41 Å². The van der Waals surface area contributed by atoms with Gasteiger partial charge < -0.3 is 10.4 Å². The highest BCUT2D eigenvalue weighted by atomic mass is 16.3. The van der Waals surface area contributed by atoms with Crippen molar-refractivity contribution < 1.29 is 5.11 Å². The number of aromatic nitrogens is 1. The average Bonchev–Trinajstić information content (AvgIpc) is 2.29. The Bertz CT molecular complexity index is 350. The van der Waals surface area contributed by atoms with Crippen molar-refractivity contribution in [3.63, 3.8) is 0 Å². The molecule has 2 unspecified atom stereocenters. The van der Waals surface area contributed by atoms with Crippen LogP contribution in [-0.4, -0.2) is 22.2 Å². The number of aliphatic hydroxyl groups excluding tert-OH is 1. The first-order chi connectivity index (χ1) is 7.51. The minimum absolute atomic E-state index is 0.0126. The number of aliphatic hydroxyl groups is 1. The Morgan fingerprint density at radius 3 is 2.56 bits per heavy atom. The van der Waals surface area contributed by atoms with Crippen LogP contribution >= 0.6 is 0 Å². The number of hydrogen-bond donors (Lipinski definition) is 2. The van der Waals surface area contributed by atoms with Gasteiger partial charge in [0.1, 0.15) is 0 Å². The van der Waals surface area contributed by atoms with Crippen LogP contribution in [0.15, 0.2) is 24.5 Å². The van der Waals surface area contributed by atoms with E-state index in [9.17, 15) is 5.11 Å². The number of rotatable bonds is 3. The molecule has 0 radical (unpaired) electrons. The van der Waals surface area contributed by atoms with Crippen LogP contribution < -0.4 is 5.32 Å². The van der Waals surface area contributed by atoms with Gasteiger partial charge in [0.25, 0.3) is 0 Å². The van der Waals surface area contributed by atoms with E-state index in [1.807, 2.05) is 24.5 Å². The normalized spacial score (nSPS) is 29.5. The third kappa shape index (κ3) is 1.97. The summed E-state index contributed by atoms with van der Waals surface area (Å²) in [5.74, 6) is 0. The van der Waals surface area contributed by atoms with Gasteiger partial charge in [0.15, 0.2) is 0 Å². The molecule has 2 rings (SSSR count). The highest BCUT2D eigenvalue weighted by molar-refractivity contribution is 5.15. The van der Waals surface area contributed by atoms with E-state index in [-0.39, 0.29) is 11.5 Å². The highest BCUT2D eigenvalue weighted by Crippen LogP contribution is 2.41. The Balaban J connectivity index is 1.97. The van der Waals surface area contributed by atoms with E-state index < -0.39 is 0 Å². The van der Waals surface area contributed by atoms with E-state index in [2.05, 4.69) is 31.1 Å². The van der Waals surface area contributed by atoms with E-state index in [0.29, 0.717) is 12.1 Å². The summed E-state index contributed by atoms with van der Waals surface area (Å²) in [6, 6.07) is 4.75. The first kappa shape index (κ1) is 11.6. The molecule has 1 heterocycles. The Kier molecular flexibility index (Phi) is 3.00. The molecule has 2 N–H and O–H groups in total.